The lowest BCUT2D eigenvalue weighted by molar-refractivity contribution is -0.117. The highest BCUT2D eigenvalue weighted by atomic mass is 35.5. The Morgan fingerprint density at radius 1 is 1.43 bits per heavy atom. The van der Waals surface area contributed by atoms with Crippen LogP contribution in [0.2, 0.25) is 5.02 Å². The Morgan fingerprint density at radius 2 is 2.19 bits per heavy atom. The lowest BCUT2D eigenvalue weighted by Gasteiger charge is -2.17. The van der Waals surface area contributed by atoms with Crippen molar-refractivity contribution in [3.05, 3.63) is 57.5 Å². The number of nitrogens with zero attached hydrogens (tertiary/aromatic N) is 1. The van der Waals surface area contributed by atoms with E-state index < -0.39 is 0 Å². The number of rotatable bonds is 6. The Morgan fingerprint density at radius 3 is 2.81 bits per heavy atom. The molecule has 1 heterocycles. The number of carbonyl (C=O) groups is 1. The number of halogens is 1. The molecular formula is C16H17ClN2OS. The quantitative estimate of drug-likeness (QED) is 0.798. The molecule has 1 unspecified atom stereocenters. The molecule has 0 aliphatic rings. The van der Waals surface area contributed by atoms with Gasteiger partial charge in [0.2, 0.25) is 5.91 Å². The van der Waals surface area contributed by atoms with Crippen molar-refractivity contribution >= 4 is 34.9 Å². The fourth-order valence-electron chi connectivity index (χ4n) is 1.99. The van der Waals surface area contributed by atoms with Crippen molar-refractivity contribution < 1.29 is 4.79 Å². The predicted octanol–water partition coefficient (Wildman–Crippen LogP) is 4.47. The molecule has 0 aliphatic carbocycles. The van der Waals surface area contributed by atoms with Crippen LogP contribution in [0.4, 0.5) is 0 Å². The molecule has 110 valence electrons. The first kappa shape index (κ1) is 15.7. The zero-order valence-corrected chi connectivity index (χ0v) is 13.3. The molecule has 5 heteroatoms. The first-order valence-corrected chi connectivity index (χ1v) is 8.13. The van der Waals surface area contributed by atoms with Crippen molar-refractivity contribution in [3.8, 4) is 0 Å². The van der Waals surface area contributed by atoms with E-state index in [9.17, 15) is 4.79 Å². The van der Waals surface area contributed by atoms with Gasteiger partial charge in [0.25, 0.3) is 0 Å². The van der Waals surface area contributed by atoms with Crippen molar-refractivity contribution in [2.24, 2.45) is 0 Å². The number of benzene rings is 1. The van der Waals surface area contributed by atoms with Gasteiger partial charge in [-0.3, -0.25) is 4.79 Å². The molecule has 2 aromatic rings. The highest BCUT2D eigenvalue weighted by Crippen LogP contribution is 2.20. The van der Waals surface area contributed by atoms with Gasteiger partial charge in [-0.15, -0.1) is 11.3 Å². The van der Waals surface area contributed by atoms with E-state index in [-0.39, 0.29) is 11.9 Å². The Hall–Kier alpha value is -1.65. The van der Waals surface area contributed by atoms with Gasteiger partial charge in [-0.05, 0) is 30.2 Å². The first-order chi connectivity index (χ1) is 10.2. The van der Waals surface area contributed by atoms with Gasteiger partial charge in [0.15, 0.2) is 0 Å². The molecule has 0 radical (unpaired) electrons. The molecule has 1 aromatic carbocycles. The number of thiazole rings is 1. The second kappa shape index (κ2) is 7.96. The van der Waals surface area contributed by atoms with Crippen molar-refractivity contribution in [3.63, 3.8) is 0 Å². The largest absolute Gasteiger partial charge is 0.346 e. The summed E-state index contributed by atoms with van der Waals surface area (Å²) in [6, 6.07) is 7.59. The summed E-state index contributed by atoms with van der Waals surface area (Å²) in [6.45, 7) is 2.10. The normalized spacial score (nSPS) is 12.5. The van der Waals surface area contributed by atoms with Crippen molar-refractivity contribution in [2.45, 2.75) is 25.8 Å². The van der Waals surface area contributed by atoms with Crippen LogP contribution in [0, 0.1) is 0 Å². The predicted molar refractivity (Wildman–Crippen MR) is 88.4 cm³/mol. The van der Waals surface area contributed by atoms with Gasteiger partial charge < -0.3 is 5.32 Å². The summed E-state index contributed by atoms with van der Waals surface area (Å²) in [5, 5.41) is 5.62. The third-order valence-electron chi connectivity index (χ3n) is 3.02. The highest BCUT2D eigenvalue weighted by molar-refractivity contribution is 7.07. The Balaban J connectivity index is 2.02. The highest BCUT2D eigenvalue weighted by Gasteiger charge is 2.12. The van der Waals surface area contributed by atoms with Crippen molar-refractivity contribution in [2.75, 3.05) is 0 Å². The second-order valence-electron chi connectivity index (χ2n) is 4.65. The second-order valence-corrected chi connectivity index (χ2v) is 5.80. The number of hydrogen-bond donors (Lipinski definition) is 1. The molecule has 1 atom stereocenters. The van der Waals surface area contributed by atoms with E-state index in [0.717, 1.165) is 24.1 Å². The lowest BCUT2D eigenvalue weighted by Crippen LogP contribution is -2.26. The maximum absolute atomic E-state index is 12.0. The van der Waals surface area contributed by atoms with Crippen LogP contribution in [-0.4, -0.2) is 10.9 Å². The molecule has 0 aliphatic heterocycles. The Labute approximate surface area is 133 Å². The molecule has 0 saturated carbocycles. The molecule has 0 bridgehead atoms. The number of aromatic nitrogens is 1. The van der Waals surface area contributed by atoms with Crippen LogP contribution in [0.5, 0.6) is 0 Å². The summed E-state index contributed by atoms with van der Waals surface area (Å²) >= 11 is 7.41. The van der Waals surface area contributed by atoms with Crippen molar-refractivity contribution in [1.82, 2.24) is 10.3 Å². The van der Waals surface area contributed by atoms with Crippen LogP contribution in [-0.2, 0) is 4.79 Å². The summed E-state index contributed by atoms with van der Waals surface area (Å²) in [6.07, 6.45) is 5.12. The van der Waals surface area contributed by atoms with Crippen LogP contribution >= 0.6 is 22.9 Å². The zero-order chi connectivity index (χ0) is 15.1. The zero-order valence-electron chi connectivity index (χ0n) is 11.8. The molecule has 2 rings (SSSR count). The minimum Gasteiger partial charge on any atom is -0.346 e. The van der Waals surface area contributed by atoms with Crippen LogP contribution in [0.1, 0.15) is 37.1 Å². The average Bonchev–Trinajstić information content (AvgIpc) is 2.99. The first-order valence-electron chi connectivity index (χ1n) is 6.81. The van der Waals surface area contributed by atoms with E-state index in [0.29, 0.717) is 5.02 Å². The third kappa shape index (κ3) is 4.99. The topological polar surface area (TPSA) is 42.0 Å². The van der Waals surface area contributed by atoms with Gasteiger partial charge in [0, 0.05) is 16.5 Å². The van der Waals surface area contributed by atoms with Gasteiger partial charge in [0.05, 0.1) is 17.2 Å². The molecule has 0 fully saturated rings. The number of hydrogen-bond acceptors (Lipinski definition) is 3. The third-order valence-corrected chi connectivity index (χ3v) is 3.88. The average molecular weight is 321 g/mol. The van der Waals surface area contributed by atoms with Gasteiger partial charge in [-0.1, -0.05) is 37.1 Å². The number of carbonyl (C=O) groups excluding carboxylic acids is 1. The summed E-state index contributed by atoms with van der Waals surface area (Å²) in [5.41, 5.74) is 3.61. The monoisotopic (exact) mass is 320 g/mol. The van der Waals surface area contributed by atoms with Crippen LogP contribution in [0.3, 0.4) is 0 Å². The molecule has 1 N–H and O–H groups in total. The maximum atomic E-state index is 12.0. The van der Waals surface area contributed by atoms with Crippen LogP contribution in [0.25, 0.3) is 6.08 Å². The molecule has 0 spiro atoms. The van der Waals surface area contributed by atoms with Gasteiger partial charge in [-0.25, -0.2) is 4.98 Å². The fraction of sp³-hybridized carbons (Fsp3) is 0.250. The maximum Gasteiger partial charge on any atom is 0.244 e. The van der Waals surface area contributed by atoms with E-state index in [1.165, 1.54) is 17.4 Å². The standard InChI is InChI=1S/C16H17ClN2OS/c1-2-3-15(12-4-6-13(17)7-5-12)19-16(20)9-8-14-10-21-11-18-14/h4-11,15H,2-3H2,1H3,(H,19,20)/b9-8+. The Bertz CT molecular complexity index is 593. The Kier molecular flexibility index (Phi) is 5.96. The van der Waals surface area contributed by atoms with E-state index in [1.54, 1.807) is 11.6 Å². The summed E-state index contributed by atoms with van der Waals surface area (Å²) < 4.78 is 0. The minimum absolute atomic E-state index is 0.000138. The smallest absolute Gasteiger partial charge is 0.244 e. The van der Waals surface area contributed by atoms with E-state index in [2.05, 4.69) is 17.2 Å². The van der Waals surface area contributed by atoms with Gasteiger partial charge in [-0.2, -0.15) is 0 Å². The minimum atomic E-state index is -0.114. The van der Waals surface area contributed by atoms with Gasteiger partial charge in [0.1, 0.15) is 0 Å². The van der Waals surface area contributed by atoms with Crippen LogP contribution in [0.15, 0.2) is 41.2 Å². The van der Waals surface area contributed by atoms with E-state index in [4.69, 9.17) is 11.6 Å². The summed E-state index contributed by atoms with van der Waals surface area (Å²) in [4.78, 5) is 16.1. The molecule has 21 heavy (non-hydrogen) atoms. The number of nitrogens with one attached hydrogen (secondary N) is 1. The van der Waals surface area contributed by atoms with Gasteiger partial charge >= 0.3 is 0 Å². The SMILES string of the molecule is CCCC(NC(=O)/C=C/c1cscn1)c1ccc(Cl)cc1. The van der Waals surface area contributed by atoms with E-state index in [1.807, 2.05) is 29.6 Å². The molecule has 3 nitrogen and oxygen atoms in total. The van der Waals surface area contributed by atoms with E-state index >= 15 is 0 Å². The fourth-order valence-corrected chi connectivity index (χ4v) is 2.64. The van der Waals surface area contributed by atoms with Crippen molar-refractivity contribution in [1.29, 1.82) is 0 Å². The summed E-state index contributed by atoms with van der Waals surface area (Å²) in [5.74, 6) is -0.114. The number of amides is 1. The lowest BCUT2D eigenvalue weighted by atomic mass is 10.0. The van der Waals surface area contributed by atoms with Crippen LogP contribution < -0.4 is 5.32 Å². The molecule has 0 saturated heterocycles. The molecule has 1 amide bonds. The molecular weight excluding hydrogens is 304 g/mol. The summed E-state index contributed by atoms with van der Waals surface area (Å²) in [7, 11) is 0. The molecule has 1 aromatic heterocycles.